The van der Waals surface area contributed by atoms with Crippen molar-refractivity contribution in [2.75, 3.05) is 27.2 Å². The van der Waals surface area contributed by atoms with Crippen LogP contribution in [0.3, 0.4) is 0 Å². The average Bonchev–Trinajstić information content (AvgIpc) is 2.59. The molecule has 0 spiro atoms. The molecule has 1 aliphatic rings. The third kappa shape index (κ3) is 3.10. The van der Waals surface area contributed by atoms with E-state index < -0.39 is 11.9 Å². The molecule has 0 radical (unpaired) electrons. The molecule has 2 nitrogen and oxygen atoms in total. The molecule has 0 amide bonds. The molecule has 2 rings (SSSR count). The molecule has 1 fully saturated rings. The van der Waals surface area contributed by atoms with Gasteiger partial charge in [0, 0.05) is 0 Å². The van der Waals surface area contributed by atoms with E-state index in [4.69, 9.17) is 19.4 Å². The summed E-state index contributed by atoms with van der Waals surface area (Å²) >= 11 is -2.90. The zero-order valence-electron chi connectivity index (χ0n) is 9.88. The van der Waals surface area contributed by atoms with Gasteiger partial charge in [-0.1, -0.05) is 0 Å². The first-order valence-electron chi connectivity index (χ1n) is 5.32. The Kier molecular flexibility index (Phi) is 4.28. The third-order valence-electron chi connectivity index (χ3n) is 2.64. The fourth-order valence-electron chi connectivity index (χ4n) is 1.85. The molecule has 0 unspecified atom stereocenters. The first kappa shape index (κ1) is 13.5. The van der Waals surface area contributed by atoms with Crippen LogP contribution in [0.2, 0.25) is 0 Å². The second kappa shape index (κ2) is 5.38. The summed E-state index contributed by atoms with van der Waals surface area (Å²) in [6.07, 6.45) is 0. The molecule has 1 heterocycles. The predicted molar refractivity (Wildman–Crippen MR) is 73.6 cm³/mol. The van der Waals surface area contributed by atoms with E-state index in [1.807, 2.05) is 34.9 Å². The second-order valence-corrected chi connectivity index (χ2v) is 13.3. The van der Waals surface area contributed by atoms with Crippen LogP contribution in [-0.2, 0) is 11.9 Å². The van der Waals surface area contributed by atoms with Crippen LogP contribution in [0.15, 0.2) is 30.3 Å². The molecule has 0 aromatic heterocycles. The van der Waals surface area contributed by atoms with E-state index in [1.54, 1.807) is 0 Å². The molecule has 0 saturated carbocycles. The Hall–Kier alpha value is 0.0834. The number of nitrogens with zero attached hydrogens (tertiary/aromatic N) is 2. The van der Waals surface area contributed by atoms with Gasteiger partial charge in [0.25, 0.3) is 0 Å². The molecule has 0 N–H and O–H groups in total. The summed E-state index contributed by atoms with van der Waals surface area (Å²) in [5, 5.41) is 0. The quantitative estimate of drug-likeness (QED) is 0.709. The van der Waals surface area contributed by atoms with Gasteiger partial charge in [0.2, 0.25) is 0 Å². The van der Waals surface area contributed by atoms with Crippen molar-refractivity contribution in [1.29, 1.82) is 0 Å². The Morgan fingerprint density at radius 3 is 2.12 bits per heavy atom. The molecule has 17 heavy (non-hydrogen) atoms. The topological polar surface area (TPSA) is 6.48 Å². The van der Waals surface area contributed by atoms with Gasteiger partial charge in [-0.15, -0.1) is 0 Å². The number of halogens is 2. The standard InChI is InChI=1S/C7H6.C5H10N2.2ClH.Ru/c1-7-5-3-2-4-6-7;1-6-3-4-7(2)5-6;;;/h1-6H;3-4H2,1-2H3;2*1H;/q;;;;+2/p-2. The van der Waals surface area contributed by atoms with Crippen molar-refractivity contribution in [1.82, 2.24) is 9.80 Å². The van der Waals surface area contributed by atoms with Crippen molar-refractivity contribution in [2.24, 2.45) is 0 Å². The summed E-state index contributed by atoms with van der Waals surface area (Å²) in [5.74, 6) is 0. The Balaban J connectivity index is 2.55. The van der Waals surface area contributed by atoms with Crippen LogP contribution in [0, 0.1) is 0 Å². The molecule has 1 aliphatic heterocycles. The van der Waals surface area contributed by atoms with Crippen LogP contribution in [0.1, 0.15) is 5.56 Å². The minimum absolute atomic E-state index is 0.997. The SMILES string of the molecule is CN1CCN(C)[C]1=[Ru]([Cl])([Cl])=[CH]c1ccccc1. The Labute approximate surface area is 113 Å². The van der Waals surface area contributed by atoms with Crippen LogP contribution in [0.5, 0.6) is 0 Å². The molecular weight excluding hydrogens is 344 g/mol. The maximum absolute atomic E-state index is 6.63. The zero-order chi connectivity index (χ0) is 12.5. The van der Waals surface area contributed by atoms with E-state index in [-0.39, 0.29) is 0 Å². The van der Waals surface area contributed by atoms with Crippen molar-refractivity contribution < 1.29 is 11.9 Å². The number of hydrogen-bond donors (Lipinski definition) is 0. The molecule has 1 saturated heterocycles. The Morgan fingerprint density at radius 2 is 1.59 bits per heavy atom. The molecule has 96 valence electrons. The molecule has 0 bridgehead atoms. The number of benzene rings is 1. The van der Waals surface area contributed by atoms with Crippen LogP contribution < -0.4 is 0 Å². The van der Waals surface area contributed by atoms with Crippen LogP contribution >= 0.6 is 19.4 Å². The fraction of sp³-hybridized carbons (Fsp3) is 0.333. The van der Waals surface area contributed by atoms with Gasteiger partial charge in [-0.2, -0.15) is 0 Å². The van der Waals surface area contributed by atoms with Crippen molar-refractivity contribution >= 4 is 28.3 Å². The predicted octanol–water partition coefficient (Wildman–Crippen LogP) is 2.26. The van der Waals surface area contributed by atoms with Gasteiger partial charge < -0.3 is 0 Å². The van der Waals surface area contributed by atoms with E-state index in [2.05, 4.69) is 23.9 Å². The van der Waals surface area contributed by atoms with Gasteiger partial charge >= 0.3 is 113 Å². The zero-order valence-corrected chi connectivity index (χ0v) is 13.1. The number of hydrogen-bond acceptors (Lipinski definition) is 2. The summed E-state index contributed by atoms with van der Waals surface area (Å²) in [4.78, 5) is 4.34. The normalized spacial score (nSPS) is 19.6. The van der Waals surface area contributed by atoms with Gasteiger partial charge in [0.05, 0.1) is 0 Å². The van der Waals surface area contributed by atoms with Crippen LogP contribution in [0.25, 0.3) is 0 Å². The molecule has 1 aromatic rings. The maximum atomic E-state index is 6.63. The molecule has 1 aromatic carbocycles. The van der Waals surface area contributed by atoms with Crippen LogP contribution in [0.4, 0.5) is 0 Å². The Bertz CT molecular complexity index is 499. The van der Waals surface area contributed by atoms with Gasteiger partial charge in [0.1, 0.15) is 0 Å². The van der Waals surface area contributed by atoms with Crippen molar-refractivity contribution in [3.05, 3.63) is 35.9 Å². The van der Waals surface area contributed by atoms with Gasteiger partial charge in [-0.25, -0.2) is 0 Å². The van der Waals surface area contributed by atoms with E-state index in [0.717, 1.165) is 23.0 Å². The van der Waals surface area contributed by atoms with Gasteiger partial charge in [-0.05, 0) is 0 Å². The van der Waals surface area contributed by atoms with Crippen molar-refractivity contribution in [3.8, 4) is 0 Å². The number of rotatable bonds is 1. The summed E-state index contributed by atoms with van der Waals surface area (Å²) in [6.45, 7) is 1.99. The van der Waals surface area contributed by atoms with E-state index in [0.29, 0.717) is 0 Å². The van der Waals surface area contributed by atoms with Crippen LogP contribution in [-0.4, -0.2) is 45.9 Å². The molecular formula is C12H16Cl2N2Ru. The summed E-state index contributed by atoms with van der Waals surface area (Å²) in [5.41, 5.74) is 1.10. The monoisotopic (exact) mass is 360 g/mol. The van der Waals surface area contributed by atoms with Gasteiger partial charge in [0.15, 0.2) is 0 Å². The molecule has 0 atom stereocenters. The van der Waals surface area contributed by atoms with Gasteiger partial charge in [-0.3, -0.25) is 0 Å². The molecule has 5 heteroatoms. The van der Waals surface area contributed by atoms with Crippen molar-refractivity contribution in [3.63, 3.8) is 0 Å². The summed E-state index contributed by atoms with van der Waals surface area (Å²) in [7, 11) is 17.4. The second-order valence-electron chi connectivity index (χ2n) is 4.05. The minimum atomic E-state index is -2.90. The third-order valence-corrected chi connectivity index (χ3v) is 8.54. The Morgan fingerprint density at radius 1 is 1.06 bits per heavy atom. The first-order chi connectivity index (χ1) is 8.00. The molecule has 0 aliphatic carbocycles. The van der Waals surface area contributed by atoms with Crippen molar-refractivity contribution in [2.45, 2.75) is 0 Å². The fourth-order valence-corrected chi connectivity index (χ4v) is 8.76. The van der Waals surface area contributed by atoms with E-state index >= 15 is 0 Å². The number of likely N-dealkylation sites (N-methyl/N-ethyl adjacent to an activating group) is 2. The first-order valence-corrected chi connectivity index (χ1v) is 11.7. The van der Waals surface area contributed by atoms with E-state index in [9.17, 15) is 0 Å². The summed E-state index contributed by atoms with van der Waals surface area (Å²) < 4.78 is 3.15. The average molecular weight is 360 g/mol. The van der Waals surface area contributed by atoms with E-state index in [1.165, 1.54) is 0 Å². The summed E-state index contributed by atoms with van der Waals surface area (Å²) in [6, 6.07) is 10.1.